The molecule has 0 amide bonds. The Morgan fingerprint density at radius 1 is 1.00 bits per heavy atom. The first-order valence-corrected chi connectivity index (χ1v) is 7.04. The molecule has 0 aliphatic heterocycles. The van der Waals surface area contributed by atoms with Crippen molar-refractivity contribution in [2.75, 3.05) is 5.73 Å². The average Bonchev–Trinajstić information content (AvgIpc) is 2.36. The largest absolute Gasteiger partial charge is 0.399 e. The van der Waals surface area contributed by atoms with Gasteiger partial charge in [0, 0.05) is 28.9 Å². The second-order valence-corrected chi connectivity index (χ2v) is 6.30. The van der Waals surface area contributed by atoms with Crippen LogP contribution in [-0.4, -0.2) is 9.97 Å². The van der Waals surface area contributed by atoms with Gasteiger partial charge in [-0.25, -0.2) is 9.97 Å². The fourth-order valence-electron chi connectivity index (χ4n) is 2.07. The van der Waals surface area contributed by atoms with Crippen LogP contribution in [0.2, 0.25) is 0 Å². The van der Waals surface area contributed by atoms with Crippen molar-refractivity contribution in [2.45, 2.75) is 46.0 Å². The maximum Gasteiger partial charge on any atom is 0.129 e. The van der Waals surface area contributed by atoms with Crippen LogP contribution < -0.4 is 5.73 Å². The minimum atomic E-state index is 0.0592. The van der Waals surface area contributed by atoms with Gasteiger partial charge in [-0.05, 0) is 37.1 Å². The predicted molar refractivity (Wildman–Crippen MR) is 83.7 cm³/mol. The summed E-state index contributed by atoms with van der Waals surface area (Å²) in [4.78, 5) is 9.25. The van der Waals surface area contributed by atoms with E-state index in [4.69, 9.17) is 10.7 Å². The Bertz CT molecular complexity index is 580. The molecule has 0 aliphatic rings. The van der Waals surface area contributed by atoms with E-state index >= 15 is 0 Å². The molecule has 0 fully saturated rings. The van der Waals surface area contributed by atoms with E-state index in [2.05, 4.69) is 44.0 Å². The van der Waals surface area contributed by atoms with Gasteiger partial charge < -0.3 is 5.73 Å². The molecule has 0 spiro atoms. The van der Waals surface area contributed by atoms with Crippen LogP contribution in [0.4, 0.5) is 5.69 Å². The highest BCUT2D eigenvalue weighted by atomic mass is 14.9. The summed E-state index contributed by atoms with van der Waals surface area (Å²) in [6, 6.07) is 10.1. The van der Waals surface area contributed by atoms with Gasteiger partial charge in [0.2, 0.25) is 0 Å². The van der Waals surface area contributed by atoms with Gasteiger partial charge in [0.15, 0.2) is 0 Å². The van der Waals surface area contributed by atoms with Crippen LogP contribution in [0.1, 0.15) is 43.5 Å². The molecule has 0 saturated heterocycles. The minimum Gasteiger partial charge on any atom is -0.399 e. The van der Waals surface area contributed by atoms with Crippen LogP contribution in [0.25, 0.3) is 0 Å². The number of aryl methyl sites for hydroxylation is 3. The third kappa shape index (κ3) is 3.80. The van der Waals surface area contributed by atoms with E-state index in [0.29, 0.717) is 0 Å². The maximum atomic E-state index is 5.70. The third-order valence-electron chi connectivity index (χ3n) is 3.29. The standard InChI is InChI=1S/C17H23N3/c1-12-11-15(17(2,3)4)20-16(19-12)10-7-13-5-8-14(18)9-6-13/h5-6,8-9,11H,7,10,18H2,1-4H3. The third-order valence-corrected chi connectivity index (χ3v) is 3.29. The van der Waals surface area contributed by atoms with Crippen LogP contribution in [0.5, 0.6) is 0 Å². The SMILES string of the molecule is Cc1cc(C(C)(C)C)nc(CCc2ccc(N)cc2)n1. The number of aromatic nitrogens is 2. The van der Waals surface area contributed by atoms with E-state index in [-0.39, 0.29) is 5.41 Å². The minimum absolute atomic E-state index is 0.0592. The molecule has 3 heteroatoms. The van der Waals surface area contributed by atoms with Crippen LogP contribution >= 0.6 is 0 Å². The van der Waals surface area contributed by atoms with Crippen LogP contribution in [0.15, 0.2) is 30.3 Å². The van der Waals surface area contributed by atoms with Gasteiger partial charge in [0.1, 0.15) is 5.82 Å². The van der Waals surface area contributed by atoms with Gasteiger partial charge in [-0.2, -0.15) is 0 Å². The molecule has 1 aromatic heterocycles. The molecular formula is C17H23N3. The molecule has 0 aliphatic carbocycles. The van der Waals surface area contributed by atoms with E-state index < -0.39 is 0 Å². The Hall–Kier alpha value is -1.90. The number of rotatable bonds is 3. The highest BCUT2D eigenvalue weighted by Crippen LogP contribution is 2.20. The van der Waals surface area contributed by atoms with E-state index in [1.165, 1.54) is 5.56 Å². The summed E-state index contributed by atoms with van der Waals surface area (Å²) in [7, 11) is 0. The monoisotopic (exact) mass is 269 g/mol. The zero-order valence-electron chi connectivity index (χ0n) is 12.8. The van der Waals surface area contributed by atoms with Gasteiger partial charge in [-0.1, -0.05) is 32.9 Å². The molecule has 1 aromatic carbocycles. The van der Waals surface area contributed by atoms with E-state index in [0.717, 1.165) is 35.7 Å². The summed E-state index contributed by atoms with van der Waals surface area (Å²) in [6.45, 7) is 8.57. The van der Waals surface area contributed by atoms with Crippen molar-refractivity contribution in [2.24, 2.45) is 0 Å². The van der Waals surface area contributed by atoms with Crippen LogP contribution in [0.3, 0.4) is 0 Å². The fourth-order valence-corrected chi connectivity index (χ4v) is 2.07. The summed E-state index contributed by atoms with van der Waals surface area (Å²) in [5.74, 6) is 0.923. The van der Waals surface area contributed by atoms with Crippen molar-refractivity contribution in [3.63, 3.8) is 0 Å². The van der Waals surface area contributed by atoms with Crippen molar-refractivity contribution < 1.29 is 0 Å². The predicted octanol–water partition coefficient (Wildman–Crippen LogP) is 3.45. The first-order chi connectivity index (χ1) is 9.34. The topological polar surface area (TPSA) is 51.8 Å². The highest BCUT2D eigenvalue weighted by molar-refractivity contribution is 5.39. The van der Waals surface area contributed by atoms with Crippen LogP contribution in [0, 0.1) is 6.92 Å². The second kappa shape index (κ2) is 5.61. The lowest BCUT2D eigenvalue weighted by Crippen LogP contribution is -2.16. The number of hydrogen-bond donors (Lipinski definition) is 1. The summed E-state index contributed by atoms with van der Waals surface area (Å²) in [5.41, 5.74) is 9.97. The van der Waals surface area contributed by atoms with Gasteiger partial charge in [-0.15, -0.1) is 0 Å². The van der Waals surface area contributed by atoms with Crippen LogP contribution in [-0.2, 0) is 18.3 Å². The number of benzene rings is 1. The molecule has 106 valence electrons. The number of nitrogens with two attached hydrogens (primary N) is 1. The number of nitrogen functional groups attached to an aromatic ring is 1. The van der Waals surface area contributed by atoms with Gasteiger partial charge in [-0.3, -0.25) is 0 Å². The molecule has 0 saturated carbocycles. The van der Waals surface area contributed by atoms with Gasteiger partial charge in [0.05, 0.1) is 0 Å². The summed E-state index contributed by atoms with van der Waals surface area (Å²) in [6.07, 6.45) is 1.79. The summed E-state index contributed by atoms with van der Waals surface area (Å²) in [5, 5.41) is 0. The van der Waals surface area contributed by atoms with E-state index in [9.17, 15) is 0 Å². The van der Waals surface area contributed by atoms with Gasteiger partial charge >= 0.3 is 0 Å². The highest BCUT2D eigenvalue weighted by Gasteiger charge is 2.17. The first kappa shape index (κ1) is 14.5. The van der Waals surface area contributed by atoms with Gasteiger partial charge in [0.25, 0.3) is 0 Å². The fraction of sp³-hybridized carbons (Fsp3) is 0.412. The number of hydrogen-bond acceptors (Lipinski definition) is 3. The lowest BCUT2D eigenvalue weighted by molar-refractivity contribution is 0.560. The van der Waals surface area contributed by atoms with Crippen molar-refractivity contribution in [1.82, 2.24) is 9.97 Å². The summed E-state index contributed by atoms with van der Waals surface area (Å²) < 4.78 is 0. The summed E-state index contributed by atoms with van der Waals surface area (Å²) >= 11 is 0. The quantitative estimate of drug-likeness (QED) is 0.868. The molecular weight excluding hydrogens is 246 g/mol. The molecule has 0 radical (unpaired) electrons. The van der Waals surface area contributed by atoms with Crippen molar-refractivity contribution >= 4 is 5.69 Å². The Morgan fingerprint density at radius 2 is 1.65 bits per heavy atom. The van der Waals surface area contributed by atoms with Crippen molar-refractivity contribution in [1.29, 1.82) is 0 Å². The Morgan fingerprint density at radius 3 is 2.25 bits per heavy atom. The molecule has 2 rings (SSSR count). The maximum absolute atomic E-state index is 5.70. The molecule has 2 aromatic rings. The molecule has 0 bridgehead atoms. The normalized spacial score (nSPS) is 11.6. The molecule has 20 heavy (non-hydrogen) atoms. The molecule has 2 N–H and O–H groups in total. The van der Waals surface area contributed by atoms with Crippen molar-refractivity contribution in [3.8, 4) is 0 Å². The van der Waals surface area contributed by atoms with E-state index in [1.807, 2.05) is 19.1 Å². The zero-order valence-corrected chi connectivity index (χ0v) is 12.8. The number of nitrogens with zero attached hydrogens (tertiary/aromatic N) is 2. The Kier molecular flexibility index (Phi) is 4.07. The zero-order chi connectivity index (χ0) is 14.8. The Balaban J connectivity index is 2.13. The molecule has 0 unspecified atom stereocenters. The molecule has 0 atom stereocenters. The second-order valence-electron chi connectivity index (χ2n) is 6.30. The van der Waals surface area contributed by atoms with E-state index in [1.54, 1.807) is 0 Å². The lowest BCUT2D eigenvalue weighted by atomic mass is 9.91. The van der Waals surface area contributed by atoms with Crippen molar-refractivity contribution in [3.05, 3.63) is 53.1 Å². The average molecular weight is 269 g/mol. The number of anilines is 1. The Labute approximate surface area is 121 Å². The first-order valence-electron chi connectivity index (χ1n) is 7.04. The smallest absolute Gasteiger partial charge is 0.129 e. The lowest BCUT2D eigenvalue weighted by Gasteiger charge is -2.18. The molecule has 3 nitrogen and oxygen atoms in total. The molecule has 1 heterocycles.